The molecular formula is C21H18N6. The molecule has 4 heterocycles. The molecule has 0 aliphatic carbocycles. The molecule has 4 aromatic rings. The smallest absolute Gasteiger partial charge is 0.139 e. The summed E-state index contributed by atoms with van der Waals surface area (Å²) in [6, 6.07) is 20.7. The van der Waals surface area contributed by atoms with Crippen molar-refractivity contribution in [2.75, 3.05) is 16.5 Å². The fourth-order valence-electron chi connectivity index (χ4n) is 4.17. The van der Waals surface area contributed by atoms with Gasteiger partial charge in [0.05, 0.1) is 43.5 Å². The van der Waals surface area contributed by atoms with Crippen LogP contribution in [0.5, 0.6) is 0 Å². The quantitative estimate of drug-likeness (QED) is 0.554. The Bertz CT molecular complexity index is 1020. The maximum atomic E-state index is 4.68. The summed E-state index contributed by atoms with van der Waals surface area (Å²) in [5.41, 5.74) is 4.68. The zero-order valence-electron chi connectivity index (χ0n) is 14.7. The van der Waals surface area contributed by atoms with Crippen molar-refractivity contribution in [1.29, 1.82) is 0 Å². The zero-order chi connectivity index (χ0) is 17.8. The molecule has 0 amide bonds. The minimum atomic E-state index is 0.837. The number of anilines is 2. The molecule has 2 aliphatic heterocycles. The molecule has 6 heteroatoms. The lowest BCUT2D eigenvalue weighted by atomic mass is 10.1. The van der Waals surface area contributed by atoms with Crippen LogP contribution in [0.3, 0.4) is 0 Å². The predicted molar refractivity (Wildman–Crippen MR) is 104 cm³/mol. The predicted octanol–water partition coefficient (Wildman–Crippen LogP) is 3.36. The molecular weight excluding hydrogens is 336 g/mol. The first-order valence-corrected chi connectivity index (χ1v) is 9.13. The van der Waals surface area contributed by atoms with E-state index in [1.807, 2.05) is 24.5 Å². The lowest BCUT2D eigenvalue weighted by molar-refractivity contribution is 0.619. The third-order valence-electron chi connectivity index (χ3n) is 5.30. The molecule has 27 heavy (non-hydrogen) atoms. The van der Waals surface area contributed by atoms with Crippen molar-refractivity contribution in [2.24, 2.45) is 0 Å². The summed E-state index contributed by atoms with van der Waals surface area (Å²) < 4.78 is 4.11. The zero-order valence-corrected chi connectivity index (χ0v) is 14.7. The topological polar surface area (TPSA) is 42.1 Å². The highest BCUT2D eigenvalue weighted by atomic mass is 15.5. The molecule has 0 saturated heterocycles. The summed E-state index contributed by atoms with van der Waals surface area (Å²) >= 11 is 0. The maximum Gasteiger partial charge on any atom is 0.139 e. The summed E-state index contributed by atoms with van der Waals surface area (Å²) in [6.07, 6.45) is 3.99. The second kappa shape index (κ2) is 5.48. The summed E-state index contributed by atoms with van der Waals surface area (Å²) in [4.78, 5) is 4.77. The number of para-hydroxylation sites is 2. The van der Waals surface area contributed by atoms with Crippen LogP contribution < -0.4 is 9.80 Å². The molecule has 2 bridgehead atoms. The largest absolute Gasteiger partial charge is 0.334 e. The van der Waals surface area contributed by atoms with Gasteiger partial charge in [-0.3, -0.25) is 0 Å². The first-order chi connectivity index (χ1) is 13.4. The first kappa shape index (κ1) is 14.6. The van der Waals surface area contributed by atoms with E-state index in [0.717, 1.165) is 31.1 Å². The van der Waals surface area contributed by atoms with Crippen LogP contribution in [0, 0.1) is 0 Å². The Morgan fingerprint density at radius 3 is 1.48 bits per heavy atom. The Morgan fingerprint density at radius 2 is 1.04 bits per heavy atom. The summed E-state index contributed by atoms with van der Waals surface area (Å²) in [5, 5.41) is 9.36. The van der Waals surface area contributed by atoms with Crippen LogP contribution in [0.2, 0.25) is 0 Å². The third-order valence-corrected chi connectivity index (χ3v) is 5.30. The third kappa shape index (κ3) is 2.13. The van der Waals surface area contributed by atoms with E-state index in [1.165, 1.54) is 22.8 Å². The van der Waals surface area contributed by atoms with Crippen molar-refractivity contribution >= 4 is 11.6 Å². The monoisotopic (exact) mass is 354 g/mol. The molecule has 6 nitrogen and oxygen atoms in total. The van der Waals surface area contributed by atoms with Gasteiger partial charge in [-0.15, -0.1) is 0 Å². The number of fused-ring (bicyclic) bond motifs is 6. The first-order valence-electron chi connectivity index (χ1n) is 9.13. The number of aromatic nitrogens is 4. The Balaban J connectivity index is 1.44. The second-order valence-electron chi connectivity index (χ2n) is 7.02. The Kier molecular flexibility index (Phi) is 2.96. The van der Waals surface area contributed by atoms with Crippen LogP contribution in [0.25, 0.3) is 11.4 Å². The Labute approximate surface area is 156 Å². The lowest BCUT2D eigenvalue weighted by Crippen LogP contribution is -2.47. The van der Waals surface area contributed by atoms with E-state index in [-0.39, 0.29) is 0 Å². The van der Waals surface area contributed by atoms with Gasteiger partial charge in [0.15, 0.2) is 0 Å². The molecule has 2 aromatic carbocycles. The number of hydrogen-bond acceptors (Lipinski definition) is 4. The van der Waals surface area contributed by atoms with Crippen molar-refractivity contribution in [1.82, 2.24) is 19.6 Å². The average Bonchev–Trinajstić information content (AvgIpc) is 3.34. The van der Waals surface area contributed by atoms with Gasteiger partial charge in [0.1, 0.15) is 11.6 Å². The molecule has 0 N–H and O–H groups in total. The van der Waals surface area contributed by atoms with E-state index in [9.17, 15) is 0 Å². The van der Waals surface area contributed by atoms with Crippen molar-refractivity contribution in [2.45, 2.75) is 13.1 Å². The summed E-state index contributed by atoms with van der Waals surface area (Å²) in [5.74, 6) is 2.38. The lowest BCUT2D eigenvalue weighted by Gasteiger charge is -2.42. The number of hydrogen-bond donors (Lipinski definition) is 0. The van der Waals surface area contributed by atoms with Gasteiger partial charge in [-0.2, -0.15) is 10.2 Å². The molecule has 0 saturated carbocycles. The van der Waals surface area contributed by atoms with Crippen LogP contribution in [0.15, 0.2) is 73.1 Å². The van der Waals surface area contributed by atoms with Gasteiger partial charge in [-0.1, -0.05) is 36.4 Å². The number of rotatable bonds is 2. The van der Waals surface area contributed by atoms with Gasteiger partial charge in [0, 0.05) is 11.1 Å². The van der Waals surface area contributed by atoms with Gasteiger partial charge < -0.3 is 9.80 Å². The fraction of sp³-hybridized carbons (Fsp3) is 0.143. The van der Waals surface area contributed by atoms with Crippen molar-refractivity contribution < 1.29 is 0 Å². The van der Waals surface area contributed by atoms with Crippen molar-refractivity contribution in [3.8, 4) is 11.4 Å². The molecule has 0 spiro atoms. The van der Waals surface area contributed by atoms with Crippen molar-refractivity contribution in [3.63, 3.8) is 0 Å². The molecule has 0 fully saturated rings. The number of nitrogens with zero attached hydrogens (tertiary/aromatic N) is 6. The minimum absolute atomic E-state index is 0.837. The van der Waals surface area contributed by atoms with Gasteiger partial charge in [0.25, 0.3) is 0 Å². The number of benzene rings is 2. The standard InChI is InChI=1S/C21H18N6/c1-3-7-18(8-4-1)26-20-16(11-22-26)13-25-15-24(20)14-17-12-23-27(21(17)25)19-9-5-2-6-10-19/h1-12H,13-15H2. The van der Waals surface area contributed by atoms with Gasteiger partial charge >= 0.3 is 0 Å². The average molecular weight is 354 g/mol. The minimum Gasteiger partial charge on any atom is -0.334 e. The van der Waals surface area contributed by atoms with Crippen LogP contribution in [-0.2, 0) is 13.1 Å². The van der Waals surface area contributed by atoms with E-state index < -0.39 is 0 Å². The SMILES string of the molecule is c1ccc(-n2ncc3c2N2Cc4cnn(-c5ccccc5)c4N(C3)C2)cc1. The highest BCUT2D eigenvalue weighted by molar-refractivity contribution is 5.65. The molecule has 0 atom stereocenters. The highest BCUT2D eigenvalue weighted by Crippen LogP contribution is 2.39. The normalized spacial score (nSPS) is 14.8. The van der Waals surface area contributed by atoms with Crippen LogP contribution in [-0.4, -0.2) is 26.2 Å². The van der Waals surface area contributed by atoms with E-state index in [0.29, 0.717) is 0 Å². The molecule has 2 aromatic heterocycles. The highest BCUT2D eigenvalue weighted by Gasteiger charge is 2.35. The maximum absolute atomic E-state index is 4.68. The van der Waals surface area contributed by atoms with Gasteiger partial charge in [-0.25, -0.2) is 9.36 Å². The Hall–Kier alpha value is -3.54. The van der Waals surface area contributed by atoms with Crippen molar-refractivity contribution in [3.05, 3.63) is 84.2 Å². The van der Waals surface area contributed by atoms with Gasteiger partial charge in [-0.05, 0) is 24.3 Å². The van der Waals surface area contributed by atoms with E-state index in [2.05, 4.69) is 77.9 Å². The van der Waals surface area contributed by atoms with E-state index in [4.69, 9.17) is 0 Å². The van der Waals surface area contributed by atoms with Crippen LogP contribution in [0.4, 0.5) is 11.6 Å². The fourth-order valence-corrected chi connectivity index (χ4v) is 4.17. The molecule has 0 radical (unpaired) electrons. The van der Waals surface area contributed by atoms with E-state index in [1.54, 1.807) is 0 Å². The molecule has 0 unspecified atom stereocenters. The Morgan fingerprint density at radius 1 is 0.593 bits per heavy atom. The van der Waals surface area contributed by atoms with Gasteiger partial charge in [0.2, 0.25) is 0 Å². The van der Waals surface area contributed by atoms with E-state index >= 15 is 0 Å². The molecule has 132 valence electrons. The van der Waals surface area contributed by atoms with Crippen LogP contribution in [0.1, 0.15) is 11.1 Å². The van der Waals surface area contributed by atoms with Crippen LogP contribution >= 0.6 is 0 Å². The summed E-state index contributed by atoms with van der Waals surface area (Å²) in [6.45, 7) is 2.52. The molecule has 2 aliphatic rings. The second-order valence-corrected chi connectivity index (χ2v) is 7.02. The molecule has 6 rings (SSSR count). The summed E-state index contributed by atoms with van der Waals surface area (Å²) in [7, 11) is 0.